The van der Waals surface area contributed by atoms with Crippen molar-refractivity contribution in [1.82, 2.24) is 19.6 Å². The Morgan fingerprint density at radius 3 is 2.84 bits per heavy atom. The maximum Gasteiger partial charge on any atom is 0.276 e. The molecule has 25 heavy (non-hydrogen) atoms. The van der Waals surface area contributed by atoms with Gasteiger partial charge in [0.2, 0.25) is 0 Å². The summed E-state index contributed by atoms with van der Waals surface area (Å²) in [6.07, 6.45) is 3.23. The SMILES string of the molecule is Cc1c(NC(=O)c2ccn(COc3cccc(Cl)c3Cl)n2)cnn1C. The second-order valence-electron chi connectivity index (χ2n) is 5.29. The zero-order valence-electron chi connectivity index (χ0n) is 13.5. The number of anilines is 1. The molecule has 0 saturated heterocycles. The van der Waals surface area contributed by atoms with Gasteiger partial charge in [0.15, 0.2) is 12.4 Å². The number of halogens is 2. The van der Waals surface area contributed by atoms with Gasteiger partial charge in [-0.15, -0.1) is 0 Å². The number of hydrogen-bond acceptors (Lipinski definition) is 4. The predicted octanol–water partition coefficient (Wildman–Crippen LogP) is 3.52. The number of aromatic nitrogens is 4. The molecule has 0 aliphatic rings. The standard InChI is InChI=1S/C16H15Cl2N5O2/c1-10-13(8-19-22(10)2)20-16(24)12-6-7-23(21-12)9-25-14-5-3-4-11(17)15(14)18/h3-8H,9H2,1-2H3,(H,20,24). The Labute approximate surface area is 154 Å². The molecular formula is C16H15Cl2N5O2. The Hall–Kier alpha value is -2.51. The molecule has 0 spiro atoms. The van der Waals surface area contributed by atoms with E-state index in [4.69, 9.17) is 27.9 Å². The van der Waals surface area contributed by atoms with Gasteiger partial charge in [-0.05, 0) is 25.1 Å². The smallest absolute Gasteiger partial charge is 0.276 e. The molecule has 0 aliphatic carbocycles. The lowest BCUT2D eigenvalue weighted by atomic mass is 10.3. The van der Waals surface area contributed by atoms with Crippen molar-refractivity contribution in [3.8, 4) is 5.75 Å². The number of carbonyl (C=O) groups is 1. The van der Waals surface area contributed by atoms with Crippen molar-refractivity contribution in [1.29, 1.82) is 0 Å². The molecular weight excluding hydrogens is 365 g/mol. The topological polar surface area (TPSA) is 74.0 Å². The zero-order valence-corrected chi connectivity index (χ0v) is 15.0. The van der Waals surface area contributed by atoms with Crippen molar-refractivity contribution in [3.05, 3.63) is 58.1 Å². The van der Waals surface area contributed by atoms with E-state index >= 15 is 0 Å². The lowest BCUT2D eigenvalue weighted by molar-refractivity contribution is 0.102. The molecule has 0 unspecified atom stereocenters. The van der Waals surface area contributed by atoms with Crippen molar-refractivity contribution in [2.75, 3.05) is 5.32 Å². The normalized spacial score (nSPS) is 10.7. The van der Waals surface area contributed by atoms with E-state index in [1.165, 1.54) is 4.68 Å². The van der Waals surface area contributed by atoms with Crippen LogP contribution >= 0.6 is 23.2 Å². The highest BCUT2D eigenvalue weighted by Crippen LogP contribution is 2.31. The van der Waals surface area contributed by atoms with Gasteiger partial charge in [0.05, 0.1) is 22.6 Å². The molecule has 0 fully saturated rings. The van der Waals surface area contributed by atoms with E-state index in [9.17, 15) is 4.79 Å². The van der Waals surface area contributed by atoms with Crippen LogP contribution in [0.3, 0.4) is 0 Å². The summed E-state index contributed by atoms with van der Waals surface area (Å²) in [4.78, 5) is 12.3. The van der Waals surface area contributed by atoms with Gasteiger partial charge in [0.1, 0.15) is 10.8 Å². The third-order valence-electron chi connectivity index (χ3n) is 3.63. The Kier molecular flexibility index (Phi) is 4.96. The van der Waals surface area contributed by atoms with Crippen LogP contribution in [0.25, 0.3) is 0 Å². The number of aryl methyl sites for hydroxylation is 1. The molecule has 1 amide bonds. The lowest BCUT2D eigenvalue weighted by Gasteiger charge is -2.08. The van der Waals surface area contributed by atoms with Crippen LogP contribution in [-0.4, -0.2) is 25.5 Å². The van der Waals surface area contributed by atoms with Crippen molar-refractivity contribution in [2.24, 2.45) is 7.05 Å². The first-order chi connectivity index (χ1) is 12.0. The van der Waals surface area contributed by atoms with Gasteiger partial charge in [0, 0.05) is 13.2 Å². The van der Waals surface area contributed by atoms with Crippen LogP contribution in [0.4, 0.5) is 5.69 Å². The molecule has 7 nitrogen and oxygen atoms in total. The minimum absolute atomic E-state index is 0.0965. The van der Waals surface area contributed by atoms with Crippen LogP contribution in [0.5, 0.6) is 5.75 Å². The third kappa shape index (κ3) is 3.78. The molecule has 3 rings (SSSR count). The van der Waals surface area contributed by atoms with E-state index < -0.39 is 0 Å². The molecule has 1 N–H and O–H groups in total. The molecule has 2 aromatic heterocycles. The minimum atomic E-state index is -0.323. The molecule has 0 bridgehead atoms. The number of carbonyl (C=O) groups excluding carboxylic acids is 1. The number of rotatable bonds is 5. The molecule has 0 atom stereocenters. The summed E-state index contributed by atoms with van der Waals surface area (Å²) in [6, 6.07) is 6.72. The van der Waals surface area contributed by atoms with Gasteiger partial charge in [-0.2, -0.15) is 10.2 Å². The number of nitrogens with zero attached hydrogens (tertiary/aromatic N) is 4. The van der Waals surface area contributed by atoms with Crippen LogP contribution < -0.4 is 10.1 Å². The predicted molar refractivity (Wildman–Crippen MR) is 95.2 cm³/mol. The Balaban J connectivity index is 1.65. The van der Waals surface area contributed by atoms with E-state index in [2.05, 4.69) is 15.5 Å². The summed E-state index contributed by atoms with van der Waals surface area (Å²) in [5.74, 6) is 0.122. The maximum absolute atomic E-state index is 12.3. The van der Waals surface area contributed by atoms with Gasteiger partial charge < -0.3 is 10.1 Å². The van der Waals surface area contributed by atoms with Crippen LogP contribution in [0.2, 0.25) is 10.0 Å². The van der Waals surface area contributed by atoms with E-state index in [-0.39, 0.29) is 18.3 Å². The first-order valence-electron chi connectivity index (χ1n) is 7.36. The first-order valence-corrected chi connectivity index (χ1v) is 8.11. The number of amides is 1. The number of benzene rings is 1. The van der Waals surface area contributed by atoms with Crippen LogP contribution in [0.15, 0.2) is 36.7 Å². The van der Waals surface area contributed by atoms with Crippen LogP contribution in [-0.2, 0) is 13.8 Å². The minimum Gasteiger partial charge on any atom is -0.470 e. The fourth-order valence-electron chi connectivity index (χ4n) is 2.09. The Morgan fingerprint density at radius 1 is 1.32 bits per heavy atom. The van der Waals surface area contributed by atoms with E-state index in [1.54, 1.807) is 48.4 Å². The third-order valence-corrected chi connectivity index (χ3v) is 4.43. The summed E-state index contributed by atoms with van der Waals surface area (Å²) in [5, 5.41) is 11.8. The molecule has 3 aromatic rings. The average Bonchev–Trinajstić information content (AvgIpc) is 3.18. The van der Waals surface area contributed by atoms with E-state index in [0.29, 0.717) is 21.5 Å². The molecule has 0 radical (unpaired) electrons. The van der Waals surface area contributed by atoms with E-state index in [0.717, 1.165) is 5.69 Å². The van der Waals surface area contributed by atoms with Gasteiger partial charge in [-0.25, -0.2) is 4.68 Å². The summed E-state index contributed by atoms with van der Waals surface area (Å²) in [7, 11) is 1.80. The summed E-state index contributed by atoms with van der Waals surface area (Å²) >= 11 is 12.0. The fraction of sp³-hybridized carbons (Fsp3) is 0.188. The molecule has 0 saturated carbocycles. The van der Waals surface area contributed by atoms with Gasteiger partial charge in [-0.1, -0.05) is 29.3 Å². The van der Waals surface area contributed by atoms with Crippen LogP contribution in [0.1, 0.15) is 16.2 Å². The summed E-state index contributed by atoms with van der Waals surface area (Å²) < 4.78 is 8.74. The highest BCUT2D eigenvalue weighted by molar-refractivity contribution is 6.42. The zero-order chi connectivity index (χ0) is 18.0. The van der Waals surface area contributed by atoms with E-state index in [1.807, 2.05) is 6.92 Å². The van der Waals surface area contributed by atoms with Crippen molar-refractivity contribution >= 4 is 34.8 Å². The highest BCUT2D eigenvalue weighted by atomic mass is 35.5. The highest BCUT2D eigenvalue weighted by Gasteiger charge is 2.13. The quantitative estimate of drug-likeness (QED) is 0.735. The lowest BCUT2D eigenvalue weighted by Crippen LogP contribution is -2.14. The van der Waals surface area contributed by atoms with Crippen molar-refractivity contribution < 1.29 is 9.53 Å². The number of nitrogens with one attached hydrogen (secondary N) is 1. The summed E-state index contributed by atoms with van der Waals surface area (Å²) in [5.41, 5.74) is 1.76. The fourth-order valence-corrected chi connectivity index (χ4v) is 2.44. The monoisotopic (exact) mass is 379 g/mol. The number of ether oxygens (including phenoxy) is 1. The van der Waals surface area contributed by atoms with Gasteiger partial charge in [0.25, 0.3) is 5.91 Å². The van der Waals surface area contributed by atoms with Crippen molar-refractivity contribution in [3.63, 3.8) is 0 Å². The molecule has 0 aliphatic heterocycles. The molecule has 2 heterocycles. The second kappa shape index (κ2) is 7.16. The molecule has 9 heteroatoms. The second-order valence-corrected chi connectivity index (χ2v) is 6.07. The first kappa shape index (κ1) is 17.3. The average molecular weight is 380 g/mol. The van der Waals surface area contributed by atoms with Gasteiger partial charge in [-0.3, -0.25) is 9.48 Å². The Morgan fingerprint density at radius 2 is 2.12 bits per heavy atom. The van der Waals surface area contributed by atoms with Crippen LogP contribution in [0, 0.1) is 6.92 Å². The largest absolute Gasteiger partial charge is 0.470 e. The summed E-state index contributed by atoms with van der Waals surface area (Å²) in [6.45, 7) is 1.96. The maximum atomic E-state index is 12.3. The van der Waals surface area contributed by atoms with Gasteiger partial charge >= 0.3 is 0 Å². The molecule has 130 valence electrons. The number of hydrogen-bond donors (Lipinski definition) is 1. The molecule has 1 aromatic carbocycles. The van der Waals surface area contributed by atoms with Crippen molar-refractivity contribution in [2.45, 2.75) is 13.7 Å². The Bertz CT molecular complexity index is 919.